The van der Waals surface area contributed by atoms with Crippen molar-refractivity contribution in [3.63, 3.8) is 0 Å². The molecule has 0 bridgehead atoms. The van der Waals surface area contributed by atoms with E-state index in [1.165, 1.54) is 0 Å². The van der Waals surface area contributed by atoms with Crippen LogP contribution in [0.1, 0.15) is 11.1 Å². The average Bonchev–Trinajstić information content (AvgIpc) is 2.11. The first kappa shape index (κ1) is 10.6. The SMILES string of the molecule is COCc1cc(Br)c(F)c(CN)c1. The Morgan fingerprint density at radius 1 is 1.54 bits per heavy atom. The minimum absolute atomic E-state index is 0.196. The van der Waals surface area contributed by atoms with Gasteiger partial charge >= 0.3 is 0 Å². The molecule has 0 aromatic heterocycles. The predicted molar refractivity (Wildman–Crippen MR) is 52.7 cm³/mol. The van der Waals surface area contributed by atoms with Gasteiger partial charge in [-0.3, -0.25) is 0 Å². The van der Waals surface area contributed by atoms with Crippen molar-refractivity contribution in [1.82, 2.24) is 0 Å². The highest BCUT2D eigenvalue weighted by Crippen LogP contribution is 2.21. The Balaban J connectivity index is 3.06. The van der Waals surface area contributed by atoms with E-state index < -0.39 is 0 Å². The Bertz CT molecular complexity index is 304. The van der Waals surface area contributed by atoms with Gasteiger partial charge in [-0.15, -0.1) is 0 Å². The zero-order valence-electron chi connectivity index (χ0n) is 7.31. The van der Waals surface area contributed by atoms with Gasteiger partial charge in [0, 0.05) is 19.2 Å². The normalized spacial score (nSPS) is 10.5. The summed E-state index contributed by atoms with van der Waals surface area (Å²) in [4.78, 5) is 0. The Labute approximate surface area is 85.0 Å². The number of halogens is 2. The molecule has 0 aliphatic rings. The lowest BCUT2D eigenvalue weighted by atomic mass is 10.1. The van der Waals surface area contributed by atoms with E-state index in [-0.39, 0.29) is 12.4 Å². The van der Waals surface area contributed by atoms with Crippen molar-refractivity contribution in [1.29, 1.82) is 0 Å². The van der Waals surface area contributed by atoms with E-state index in [0.717, 1.165) is 5.56 Å². The highest BCUT2D eigenvalue weighted by atomic mass is 79.9. The average molecular weight is 248 g/mol. The van der Waals surface area contributed by atoms with Crippen LogP contribution in [0.5, 0.6) is 0 Å². The van der Waals surface area contributed by atoms with Gasteiger partial charge in [-0.25, -0.2) is 4.39 Å². The van der Waals surface area contributed by atoms with E-state index in [1.54, 1.807) is 19.2 Å². The molecule has 1 aromatic carbocycles. The molecule has 1 rings (SSSR count). The van der Waals surface area contributed by atoms with Crippen molar-refractivity contribution in [2.45, 2.75) is 13.2 Å². The van der Waals surface area contributed by atoms with E-state index in [1.807, 2.05) is 0 Å². The second kappa shape index (κ2) is 4.69. The molecule has 72 valence electrons. The Morgan fingerprint density at radius 3 is 2.77 bits per heavy atom. The van der Waals surface area contributed by atoms with Gasteiger partial charge in [0.15, 0.2) is 0 Å². The molecule has 13 heavy (non-hydrogen) atoms. The van der Waals surface area contributed by atoms with Gasteiger partial charge in [0.2, 0.25) is 0 Å². The zero-order valence-corrected chi connectivity index (χ0v) is 8.90. The molecule has 0 radical (unpaired) electrons. The second-order valence-corrected chi connectivity index (χ2v) is 3.54. The van der Waals surface area contributed by atoms with Gasteiger partial charge in [-0.2, -0.15) is 0 Å². The number of nitrogens with two attached hydrogens (primary N) is 1. The van der Waals surface area contributed by atoms with Crippen LogP contribution in [0.25, 0.3) is 0 Å². The Kier molecular flexibility index (Phi) is 3.84. The van der Waals surface area contributed by atoms with Crippen LogP contribution in [-0.2, 0) is 17.9 Å². The maximum atomic E-state index is 13.3. The fraction of sp³-hybridized carbons (Fsp3) is 0.333. The lowest BCUT2D eigenvalue weighted by Gasteiger charge is -2.06. The van der Waals surface area contributed by atoms with E-state index in [0.29, 0.717) is 16.6 Å². The standard InChI is InChI=1S/C9H11BrFNO/c1-13-5-6-2-7(4-12)9(11)8(10)3-6/h2-3H,4-5,12H2,1H3. The van der Waals surface area contributed by atoms with Gasteiger partial charge in [0.25, 0.3) is 0 Å². The van der Waals surface area contributed by atoms with Gasteiger partial charge in [0.05, 0.1) is 11.1 Å². The Morgan fingerprint density at radius 2 is 2.23 bits per heavy atom. The monoisotopic (exact) mass is 247 g/mol. The molecular formula is C9H11BrFNO. The first-order valence-corrected chi connectivity index (χ1v) is 4.64. The quantitative estimate of drug-likeness (QED) is 0.889. The lowest BCUT2D eigenvalue weighted by molar-refractivity contribution is 0.184. The minimum atomic E-state index is -0.289. The molecule has 1 aromatic rings. The van der Waals surface area contributed by atoms with Crippen molar-refractivity contribution in [3.05, 3.63) is 33.5 Å². The fourth-order valence-electron chi connectivity index (χ4n) is 1.11. The number of rotatable bonds is 3. The number of benzene rings is 1. The molecule has 0 fully saturated rings. The molecule has 0 saturated heterocycles. The van der Waals surface area contributed by atoms with E-state index in [9.17, 15) is 4.39 Å². The van der Waals surface area contributed by atoms with Crippen LogP contribution < -0.4 is 5.73 Å². The van der Waals surface area contributed by atoms with Crippen LogP contribution in [-0.4, -0.2) is 7.11 Å². The largest absolute Gasteiger partial charge is 0.380 e. The third-order valence-corrected chi connectivity index (χ3v) is 2.27. The third kappa shape index (κ3) is 2.49. The van der Waals surface area contributed by atoms with E-state index in [2.05, 4.69) is 15.9 Å². The molecule has 0 heterocycles. The van der Waals surface area contributed by atoms with E-state index in [4.69, 9.17) is 10.5 Å². The van der Waals surface area contributed by atoms with Crippen LogP contribution in [0.4, 0.5) is 4.39 Å². The van der Waals surface area contributed by atoms with Crippen molar-refractivity contribution in [2.24, 2.45) is 5.73 Å². The molecule has 0 saturated carbocycles. The number of hydrogen-bond acceptors (Lipinski definition) is 2. The van der Waals surface area contributed by atoms with Crippen LogP contribution in [0, 0.1) is 5.82 Å². The molecule has 0 amide bonds. The molecule has 0 spiro atoms. The minimum Gasteiger partial charge on any atom is -0.380 e. The third-order valence-electron chi connectivity index (χ3n) is 1.69. The zero-order chi connectivity index (χ0) is 9.84. The predicted octanol–water partition coefficient (Wildman–Crippen LogP) is 2.19. The van der Waals surface area contributed by atoms with Gasteiger partial charge < -0.3 is 10.5 Å². The highest BCUT2D eigenvalue weighted by molar-refractivity contribution is 9.10. The summed E-state index contributed by atoms with van der Waals surface area (Å²) in [6, 6.07) is 3.40. The first-order chi connectivity index (χ1) is 6.19. The Hall–Kier alpha value is -0.450. The molecule has 0 aliphatic carbocycles. The summed E-state index contributed by atoms with van der Waals surface area (Å²) < 4.78 is 18.6. The molecule has 0 aliphatic heterocycles. The van der Waals surface area contributed by atoms with Crippen LogP contribution in [0.3, 0.4) is 0 Å². The van der Waals surface area contributed by atoms with Crippen molar-refractivity contribution in [3.8, 4) is 0 Å². The summed E-state index contributed by atoms with van der Waals surface area (Å²) in [5, 5.41) is 0. The number of methoxy groups -OCH3 is 1. The van der Waals surface area contributed by atoms with Crippen molar-refractivity contribution >= 4 is 15.9 Å². The van der Waals surface area contributed by atoms with Gasteiger partial charge in [-0.05, 0) is 33.6 Å². The van der Waals surface area contributed by atoms with Crippen molar-refractivity contribution < 1.29 is 9.13 Å². The van der Waals surface area contributed by atoms with Crippen LogP contribution >= 0.6 is 15.9 Å². The maximum absolute atomic E-state index is 13.3. The highest BCUT2D eigenvalue weighted by Gasteiger charge is 2.07. The first-order valence-electron chi connectivity index (χ1n) is 3.84. The van der Waals surface area contributed by atoms with Gasteiger partial charge in [0.1, 0.15) is 5.82 Å². The van der Waals surface area contributed by atoms with E-state index >= 15 is 0 Å². The summed E-state index contributed by atoms with van der Waals surface area (Å²) in [6.07, 6.45) is 0. The molecule has 0 atom stereocenters. The van der Waals surface area contributed by atoms with Crippen molar-refractivity contribution in [2.75, 3.05) is 7.11 Å². The second-order valence-electron chi connectivity index (χ2n) is 2.69. The summed E-state index contributed by atoms with van der Waals surface area (Å²) in [7, 11) is 1.60. The van der Waals surface area contributed by atoms with Crippen LogP contribution in [0.2, 0.25) is 0 Å². The van der Waals surface area contributed by atoms with Gasteiger partial charge in [-0.1, -0.05) is 0 Å². The molecule has 4 heteroatoms. The summed E-state index contributed by atoms with van der Waals surface area (Å²) in [6.45, 7) is 0.661. The smallest absolute Gasteiger partial charge is 0.141 e. The molecule has 2 nitrogen and oxygen atoms in total. The number of ether oxygens (including phenoxy) is 1. The fourth-order valence-corrected chi connectivity index (χ4v) is 1.66. The summed E-state index contributed by atoms with van der Waals surface area (Å²) >= 11 is 3.12. The molecule has 0 unspecified atom stereocenters. The maximum Gasteiger partial charge on any atom is 0.141 e. The summed E-state index contributed by atoms with van der Waals surface area (Å²) in [5.41, 5.74) is 6.80. The molecule has 2 N–H and O–H groups in total. The lowest BCUT2D eigenvalue weighted by Crippen LogP contribution is -2.02. The topological polar surface area (TPSA) is 35.2 Å². The summed E-state index contributed by atoms with van der Waals surface area (Å²) in [5.74, 6) is -0.289. The van der Waals surface area contributed by atoms with Crippen LogP contribution in [0.15, 0.2) is 16.6 Å². The molecular weight excluding hydrogens is 237 g/mol. The number of hydrogen-bond donors (Lipinski definition) is 1.